The Morgan fingerprint density at radius 1 is 0.590 bits per heavy atom. The third-order valence-corrected chi connectivity index (χ3v) is 8.48. The molecule has 1 heterocycles. The molecule has 0 aromatic rings. The minimum Gasteiger partial charge on any atom is -0.455 e. The summed E-state index contributed by atoms with van der Waals surface area (Å²) in [4.78, 5) is 11.6. The molecule has 0 saturated heterocycles. The first-order valence-corrected chi connectivity index (χ1v) is 17.3. The van der Waals surface area contributed by atoms with Gasteiger partial charge in [-0.1, -0.05) is 155 Å². The molecule has 3 atom stereocenters. The van der Waals surface area contributed by atoms with E-state index in [-0.39, 0.29) is 12.1 Å². The number of cyclic esters (lactones) is 1. The van der Waals surface area contributed by atoms with E-state index in [9.17, 15) is 15.0 Å². The molecule has 4 nitrogen and oxygen atoms in total. The first-order valence-electron chi connectivity index (χ1n) is 17.3. The molecule has 0 aliphatic carbocycles. The Hall–Kier alpha value is -0.870. The summed E-state index contributed by atoms with van der Waals surface area (Å²) < 4.78 is 5.15. The fourth-order valence-corrected chi connectivity index (χ4v) is 5.83. The molecule has 0 aromatic heterocycles. The predicted molar refractivity (Wildman–Crippen MR) is 166 cm³/mol. The van der Waals surface area contributed by atoms with Gasteiger partial charge in [0.15, 0.2) is 0 Å². The van der Waals surface area contributed by atoms with Crippen LogP contribution in [-0.4, -0.2) is 34.5 Å². The lowest BCUT2D eigenvalue weighted by Gasteiger charge is -2.17. The monoisotopic (exact) mass is 550 g/mol. The number of hydrogen-bond donors (Lipinski definition) is 2. The molecule has 230 valence electrons. The standard InChI is InChI=1S/C35H66O4/c1-3-4-5-6-7-8-16-19-22-25-28-33(36)34(37)29-26-23-20-17-14-12-10-9-11-13-15-18-21-24-27-32-30-31(2)39-35(32)38/h30-31,33-34,36-37H,3-29H2,1-2H3/t31-,33+,34-/m1/s1. The van der Waals surface area contributed by atoms with E-state index in [0.717, 1.165) is 44.1 Å². The number of carbonyl (C=O) groups excluding carboxylic acids is 1. The number of unbranched alkanes of at least 4 members (excludes halogenated alkanes) is 22. The van der Waals surface area contributed by atoms with Crippen LogP contribution in [0.1, 0.15) is 187 Å². The number of hydrogen-bond acceptors (Lipinski definition) is 4. The van der Waals surface area contributed by atoms with Crippen molar-refractivity contribution in [1.29, 1.82) is 0 Å². The zero-order valence-electron chi connectivity index (χ0n) is 26.1. The topological polar surface area (TPSA) is 66.8 Å². The van der Waals surface area contributed by atoms with E-state index < -0.39 is 12.2 Å². The molecule has 1 aliphatic heterocycles. The van der Waals surface area contributed by atoms with E-state index in [1.54, 1.807) is 0 Å². The van der Waals surface area contributed by atoms with Crippen molar-refractivity contribution in [2.75, 3.05) is 0 Å². The SMILES string of the molecule is CCCCCCCCCCCC[C@H](O)[C@H](O)CCCCCCCCCCCCCCCCC1=C[C@@H](C)OC1=O. The van der Waals surface area contributed by atoms with Gasteiger partial charge in [0.1, 0.15) is 6.10 Å². The van der Waals surface area contributed by atoms with Crippen molar-refractivity contribution in [1.82, 2.24) is 0 Å². The van der Waals surface area contributed by atoms with Crippen molar-refractivity contribution in [3.8, 4) is 0 Å². The van der Waals surface area contributed by atoms with Crippen LogP contribution in [0.25, 0.3) is 0 Å². The first-order chi connectivity index (χ1) is 19.0. The van der Waals surface area contributed by atoms with Gasteiger partial charge in [-0.15, -0.1) is 0 Å². The average molecular weight is 551 g/mol. The second-order valence-corrected chi connectivity index (χ2v) is 12.4. The van der Waals surface area contributed by atoms with Crippen LogP contribution in [0, 0.1) is 0 Å². The maximum atomic E-state index is 11.6. The normalized spacial score (nSPS) is 16.9. The van der Waals surface area contributed by atoms with Crippen molar-refractivity contribution in [3.63, 3.8) is 0 Å². The number of carbonyl (C=O) groups is 1. The smallest absolute Gasteiger partial charge is 0.334 e. The molecule has 0 fully saturated rings. The van der Waals surface area contributed by atoms with E-state index in [1.807, 2.05) is 13.0 Å². The molecule has 39 heavy (non-hydrogen) atoms. The maximum absolute atomic E-state index is 11.6. The van der Waals surface area contributed by atoms with Crippen molar-refractivity contribution in [2.45, 2.75) is 206 Å². The predicted octanol–water partition coefficient (Wildman–Crippen LogP) is 10.1. The fraction of sp³-hybridized carbons (Fsp3) is 0.914. The van der Waals surface area contributed by atoms with Crippen molar-refractivity contribution in [3.05, 3.63) is 11.6 Å². The number of aliphatic hydroxyl groups is 2. The summed E-state index contributed by atoms with van der Waals surface area (Å²) in [5, 5.41) is 20.5. The number of esters is 1. The maximum Gasteiger partial charge on any atom is 0.334 e. The van der Waals surface area contributed by atoms with Crippen LogP contribution < -0.4 is 0 Å². The van der Waals surface area contributed by atoms with Gasteiger partial charge in [0, 0.05) is 5.57 Å². The Morgan fingerprint density at radius 2 is 0.923 bits per heavy atom. The van der Waals surface area contributed by atoms with E-state index in [1.165, 1.54) is 135 Å². The van der Waals surface area contributed by atoms with Crippen LogP contribution in [0.5, 0.6) is 0 Å². The second kappa shape index (κ2) is 26.1. The van der Waals surface area contributed by atoms with E-state index in [4.69, 9.17) is 4.74 Å². The highest BCUT2D eigenvalue weighted by molar-refractivity contribution is 5.90. The molecule has 2 N–H and O–H groups in total. The fourth-order valence-electron chi connectivity index (χ4n) is 5.83. The van der Waals surface area contributed by atoms with Crippen molar-refractivity contribution in [2.24, 2.45) is 0 Å². The van der Waals surface area contributed by atoms with Crippen LogP contribution in [0.4, 0.5) is 0 Å². The molecular weight excluding hydrogens is 484 g/mol. The molecule has 0 spiro atoms. The van der Waals surface area contributed by atoms with Crippen LogP contribution in [0.3, 0.4) is 0 Å². The lowest BCUT2D eigenvalue weighted by atomic mass is 9.99. The Kier molecular flexibility index (Phi) is 24.2. The van der Waals surface area contributed by atoms with Gasteiger partial charge in [-0.2, -0.15) is 0 Å². The Bertz CT molecular complexity index is 587. The summed E-state index contributed by atoms with van der Waals surface area (Å²) in [6.45, 7) is 4.19. The Balaban J connectivity index is 1.76. The Morgan fingerprint density at radius 3 is 1.26 bits per heavy atom. The van der Waals surface area contributed by atoms with Crippen LogP contribution >= 0.6 is 0 Å². The molecule has 0 radical (unpaired) electrons. The van der Waals surface area contributed by atoms with E-state index >= 15 is 0 Å². The highest BCUT2D eigenvalue weighted by atomic mass is 16.5. The van der Waals surface area contributed by atoms with Crippen LogP contribution in [-0.2, 0) is 9.53 Å². The number of aliphatic hydroxyl groups excluding tert-OH is 2. The molecule has 0 saturated carbocycles. The van der Waals surface area contributed by atoms with Gasteiger partial charge in [-0.25, -0.2) is 4.79 Å². The second-order valence-electron chi connectivity index (χ2n) is 12.4. The van der Waals surface area contributed by atoms with Gasteiger partial charge in [0.25, 0.3) is 0 Å². The zero-order chi connectivity index (χ0) is 28.4. The zero-order valence-corrected chi connectivity index (χ0v) is 26.1. The van der Waals surface area contributed by atoms with Gasteiger partial charge in [-0.05, 0) is 38.7 Å². The summed E-state index contributed by atoms with van der Waals surface area (Å²) in [6, 6.07) is 0. The lowest BCUT2D eigenvalue weighted by molar-refractivity contribution is -0.139. The molecule has 0 unspecified atom stereocenters. The third-order valence-electron chi connectivity index (χ3n) is 8.48. The average Bonchev–Trinajstić information content (AvgIpc) is 3.25. The molecule has 4 heteroatoms. The largest absolute Gasteiger partial charge is 0.455 e. The van der Waals surface area contributed by atoms with Gasteiger partial charge in [-0.3, -0.25) is 0 Å². The van der Waals surface area contributed by atoms with Crippen LogP contribution in [0.2, 0.25) is 0 Å². The van der Waals surface area contributed by atoms with Gasteiger partial charge < -0.3 is 14.9 Å². The van der Waals surface area contributed by atoms with Gasteiger partial charge >= 0.3 is 5.97 Å². The highest BCUT2D eigenvalue weighted by Gasteiger charge is 2.21. The van der Waals surface area contributed by atoms with Crippen molar-refractivity contribution >= 4 is 5.97 Å². The van der Waals surface area contributed by atoms with Gasteiger partial charge in [0.05, 0.1) is 12.2 Å². The molecule has 1 rings (SSSR count). The quantitative estimate of drug-likeness (QED) is 0.0718. The summed E-state index contributed by atoms with van der Waals surface area (Å²) in [5.41, 5.74) is 0.883. The minimum atomic E-state index is -0.532. The molecule has 1 aliphatic rings. The van der Waals surface area contributed by atoms with Gasteiger partial charge in [0.2, 0.25) is 0 Å². The molecule has 0 bridgehead atoms. The third kappa shape index (κ3) is 21.5. The highest BCUT2D eigenvalue weighted by Crippen LogP contribution is 2.20. The Labute approximate surface area is 242 Å². The number of rotatable bonds is 29. The van der Waals surface area contributed by atoms with Crippen LogP contribution in [0.15, 0.2) is 11.6 Å². The molecular formula is C35H66O4. The van der Waals surface area contributed by atoms with E-state index in [0.29, 0.717) is 0 Å². The first kappa shape index (κ1) is 36.2. The summed E-state index contributed by atoms with van der Waals surface area (Å²) in [6.07, 6.45) is 34.1. The minimum absolute atomic E-state index is 0.0321. The summed E-state index contributed by atoms with van der Waals surface area (Å²) in [5.74, 6) is -0.105. The van der Waals surface area contributed by atoms with E-state index in [2.05, 4.69) is 6.92 Å². The summed E-state index contributed by atoms with van der Waals surface area (Å²) in [7, 11) is 0. The lowest BCUT2D eigenvalue weighted by Crippen LogP contribution is -2.25. The number of ether oxygens (including phenoxy) is 1. The summed E-state index contributed by atoms with van der Waals surface area (Å²) >= 11 is 0. The molecule has 0 aromatic carbocycles. The molecule has 0 amide bonds. The van der Waals surface area contributed by atoms with Crippen molar-refractivity contribution < 1.29 is 19.7 Å².